The molecule has 11 nitrogen and oxygen atoms in total. The van der Waals surface area contributed by atoms with Gasteiger partial charge in [-0.25, -0.2) is 0 Å². The molecule has 11 atom stereocenters. The van der Waals surface area contributed by atoms with E-state index in [0.29, 0.717) is 44.9 Å². The zero-order valence-corrected chi connectivity index (χ0v) is 31.9. The van der Waals surface area contributed by atoms with Crippen LogP contribution >= 0.6 is 0 Å². The highest BCUT2D eigenvalue weighted by Crippen LogP contribution is 2.27. The number of carbonyl (C=O) groups excluding carboxylic acids is 3. The normalized spacial score (nSPS) is 34.3. The van der Waals surface area contributed by atoms with Gasteiger partial charge in [-0.3, -0.25) is 14.4 Å². The van der Waals surface area contributed by atoms with Gasteiger partial charge in [0.25, 0.3) is 0 Å². The second kappa shape index (κ2) is 24.0. The molecule has 1 aliphatic heterocycles. The SMILES string of the molecule is CCC[C@H](C/C(C)=C/[C@H]1OC(=O)[C@@H](C)[C@@H](O)[C@H](C)CC[C@H](O)C[C@@H](OC(C)=O)C[C@@H](O)CC/C(C)=C/CCC[C@@H](O)C[C@H](O)[C@@H]1C)OC(C)=O. The number of aliphatic hydroxyl groups is 5. The predicted molar refractivity (Wildman–Crippen MR) is 192 cm³/mol. The van der Waals surface area contributed by atoms with Crippen LogP contribution in [0, 0.1) is 17.8 Å². The van der Waals surface area contributed by atoms with Gasteiger partial charge in [-0.15, -0.1) is 0 Å². The summed E-state index contributed by atoms with van der Waals surface area (Å²) in [6.07, 6.45) is 3.48. The van der Waals surface area contributed by atoms with Gasteiger partial charge in [0.05, 0.1) is 36.4 Å². The molecule has 0 unspecified atom stereocenters. The number of rotatable bonds is 7. The van der Waals surface area contributed by atoms with E-state index in [4.69, 9.17) is 14.2 Å². The molecule has 0 aliphatic carbocycles. The molecular formula is C39H68O11. The summed E-state index contributed by atoms with van der Waals surface area (Å²) in [7, 11) is 0. The molecule has 1 rings (SSSR count). The van der Waals surface area contributed by atoms with Crippen LogP contribution in [0.5, 0.6) is 0 Å². The van der Waals surface area contributed by atoms with Gasteiger partial charge < -0.3 is 39.7 Å². The second-order valence-electron chi connectivity index (χ2n) is 14.8. The fourth-order valence-corrected chi connectivity index (χ4v) is 6.56. The summed E-state index contributed by atoms with van der Waals surface area (Å²) in [5.74, 6) is -3.43. The maximum atomic E-state index is 13.5. The zero-order valence-electron chi connectivity index (χ0n) is 31.9. The lowest BCUT2D eigenvalue weighted by molar-refractivity contribution is -0.160. The molecule has 0 aromatic heterocycles. The van der Waals surface area contributed by atoms with Gasteiger partial charge in [0.1, 0.15) is 18.3 Å². The quantitative estimate of drug-likeness (QED) is 0.128. The van der Waals surface area contributed by atoms with Crippen LogP contribution in [-0.4, -0.2) is 92.3 Å². The number of esters is 3. The minimum atomic E-state index is -1.09. The number of ether oxygens (including phenoxy) is 3. The maximum absolute atomic E-state index is 13.5. The molecule has 0 saturated heterocycles. The van der Waals surface area contributed by atoms with Crippen LogP contribution in [0.25, 0.3) is 0 Å². The Labute approximate surface area is 300 Å². The average molecular weight is 713 g/mol. The third kappa shape index (κ3) is 18.8. The summed E-state index contributed by atoms with van der Waals surface area (Å²) in [6, 6.07) is 0. The van der Waals surface area contributed by atoms with E-state index >= 15 is 0 Å². The average Bonchev–Trinajstić information content (AvgIpc) is 3.02. The van der Waals surface area contributed by atoms with Gasteiger partial charge in [-0.05, 0) is 90.6 Å². The van der Waals surface area contributed by atoms with E-state index in [1.54, 1.807) is 26.8 Å². The highest BCUT2D eigenvalue weighted by molar-refractivity contribution is 5.73. The summed E-state index contributed by atoms with van der Waals surface area (Å²) in [5, 5.41) is 54.6. The standard InChI is InChI=1S/C39H68O11/c1-9-12-34(48-29(7)40)19-25(3)20-37-27(5)36(45)23-31(42)14-11-10-13-24(2)15-17-32(43)21-35(49-30(8)41)22-33(44)18-16-26(4)38(46)28(6)39(47)50-37/h13,20,26-28,31-38,42-46H,9-12,14-19,21-23H2,1-8H3/b24-13+,25-20+/t26-,27+,28+,31-,32+,33+,34-,35+,36+,37-,38+/m1/s1. The van der Waals surface area contributed by atoms with Crippen LogP contribution in [0.2, 0.25) is 0 Å². The summed E-state index contributed by atoms with van der Waals surface area (Å²) < 4.78 is 16.9. The molecule has 1 aliphatic rings. The fraction of sp³-hybridized carbons (Fsp3) is 0.821. The third-order valence-electron chi connectivity index (χ3n) is 9.76. The van der Waals surface area contributed by atoms with Gasteiger partial charge in [0, 0.05) is 39.0 Å². The minimum Gasteiger partial charge on any atom is -0.462 e. The number of allylic oxidation sites excluding steroid dienone is 2. The lowest BCUT2D eigenvalue weighted by Gasteiger charge is -2.31. The van der Waals surface area contributed by atoms with Gasteiger partial charge in [0.2, 0.25) is 0 Å². The number of hydrogen-bond donors (Lipinski definition) is 5. The fourth-order valence-electron chi connectivity index (χ4n) is 6.56. The number of cyclic esters (lactones) is 1. The lowest BCUT2D eigenvalue weighted by atomic mass is 9.87. The van der Waals surface area contributed by atoms with Crippen LogP contribution in [0.1, 0.15) is 139 Å². The second-order valence-corrected chi connectivity index (χ2v) is 14.8. The van der Waals surface area contributed by atoms with Crippen LogP contribution in [0.3, 0.4) is 0 Å². The summed E-state index contributed by atoms with van der Waals surface area (Å²) in [4.78, 5) is 36.9. The van der Waals surface area contributed by atoms with Crippen molar-refractivity contribution in [2.24, 2.45) is 17.8 Å². The van der Waals surface area contributed by atoms with Crippen LogP contribution in [0.4, 0.5) is 0 Å². The molecule has 0 radical (unpaired) electrons. The third-order valence-corrected chi connectivity index (χ3v) is 9.76. The Bertz CT molecular complexity index is 1070. The van der Waals surface area contributed by atoms with E-state index in [9.17, 15) is 39.9 Å². The first-order valence-corrected chi connectivity index (χ1v) is 18.7. The topological polar surface area (TPSA) is 180 Å². The largest absolute Gasteiger partial charge is 0.462 e. The molecule has 50 heavy (non-hydrogen) atoms. The first-order valence-electron chi connectivity index (χ1n) is 18.7. The van der Waals surface area contributed by atoms with Crippen LogP contribution < -0.4 is 0 Å². The Morgan fingerprint density at radius 2 is 1.54 bits per heavy atom. The Morgan fingerprint density at radius 3 is 2.14 bits per heavy atom. The van der Waals surface area contributed by atoms with Gasteiger partial charge in [-0.1, -0.05) is 44.4 Å². The first-order chi connectivity index (χ1) is 23.4. The molecule has 0 bridgehead atoms. The molecule has 1 heterocycles. The molecule has 0 aromatic rings. The van der Waals surface area contributed by atoms with Crippen molar-refractivity contribution in [2.75, 3.05) is 0 Å². The van der Waals surface area contributed by atoms with Crippen molar-refractivity contribution in [3.63, 3.8) is 0 Å². The summed E-state index contributed by atoms with van der Waals surface area (Å²) in [5.41, 5.74) is 1.90. The van der Waals surface area contributed by atoms with Gasteiger partial charge >= 0.3 is 17.9 Å². The monoisotopic (exact) mass is 712 g/mol. The molecular weight excluding hydrogens is 644 g/mol. The smallest absolute Gasteiger partial charge is 0.311 e. The molecule has 0 fully saturated rings. The van der Waals surface area contributed by atoms with Crippen LogP contribution in [-0.2, 0) is 28.6 Å². The van der Waals surface area contributed by atoms with E-state index in [0.717, 1.165) is 24.0 Å². The Kier molecular flexibility index (Phi) is 22.0. The zero-order chi connectivity index (χ0) is 38.0. The van der Waals surface area contributed by atoms with E-state index in [2.05, 4.69) is 6.08 Å². The van der Waals surface area contributed by atoms with Crippen LogP contribution in [0.15, 0.2) is 23.3 Å². The Balaban J connectivity index is 3.30. The van der Waals surface area contributed by atoms with Crippen molar-refractivity contribution in [1.29, 1.82) is 0 Å². The van der Waals surface area contributed by atoms with Crippen molar-refractivity contribution >= 4 is 17.9 Å². The minimum absolute atomic E-state index is 0.0872. The van der Waals surface area contributed by atoms with Crippen molar-refractivity contribution in [2.45, 2.75) is 188 Å². The maximum Gasteiger partial charge on any atom is 0.311 e. The van der Waals surface area contributed by atoms with E-state index in [-0.39, 0.29) is 37.8 Å². The molecule has 290 valence electrons. The van der Waals surface area contributed by atoms with Crippen molar-refractivity contribution in [3.8, 4) is 0 Å². The van der Waals surface area contributed by atoms with E-state index in [1.165, 1.54) is 13.8 Å². The first kappa shape index (κ1) is 45.7. The Morgan fingerprint density at radius 1 is 0.920 bits per heavy atom. The molecule has 0 saturated carbocycles. The van der Waals surface area contributed by atoms with E-state index in [1.807, 2.05) is 20.8 Å². The number of carbonyl (C=O) groups is 3. The molecule has 5 N–H and O–H groups in total. The highest BCUT2D eigenvalue weighted by Gasteiger charge is 2.34. The van der Waals surface area contributed by atoms with Crippen molar-refractivity contribution in [1.82, 2.24) is 0 Å². The van der Waals surface area contributed by atoms with E-state index < -0.39 is 72.4 Å². The highest BCUT2D eigenvalue weighted by atomic mass is 16.6. The lowest BCUT2D eigenvalue weighted by Crippen LogP contribution is -2.39. The van der Waals surface area contributed by atoms with Crippen molar-refractivity contribution in [3.05, 3.63) is 23.3 Å². The Hall–Kier alpha value is -2.31. The van der Waals surface area contributed by atoms with Crippen molar-refractivity contribution < 1.29 is 54.1 Å². The molecule has 0 spiro atoms. The summed E-state index contributed by atoms with van der Waals surface area (Å²) in [6.45, 7) is 13.6. The summed E-state index contributed by atoms with van der Waals surface area (Å²) >= 11 is 0. The van der Waals surface area contributed by atoms with Gasteiger partial charge in [-0.2, -0.15) is 0 Å². The molecule has 0 aromatic carbocycles. The number of hydrogen-bond acceptors (Lipinski definition) is 11. The molecule has 0 amide bonds. The predicted octanol–water partition coefficient (Wildman–Crippen LogP) is 5.47. The van der Waals surface area contributed by atoms with Gasteiger partial charge in [0.15, 0.2) is 0 Å². The molecule has 11 heteroatoms. The number of aliphatic hydroxyl groups excluding tert-OH is 5.